The molecule has 1 N–H and O–H groups in total. The van der Waals surface area contributed by atoms with E-state index in [0.29, 0.717) is 18.7 Å². The van der Waals surface area contributed by atoms with Gasteiger partial charge in [-0.2, -0.15) is 8.42 Å². The molecule has 0 bridgehead atoms. The van der Waals surface area contributed by atoms with Gasteiger partial charge in [-0.15, -0.1) is 4.40 Å². The van der Waals surface area contributed by atoms with Crippen molar-refractivity contribution in [3.8, 4) is 0 Å². The number of carbonyl (C=O) groups excluding carboxylic acids is 1. The molecule has 1 heterocycles. The van der Waals surface area contributed by atoms with Gasteiger partial charge >= 0.3 is 6.03 Å². The van der Waals surface area contributed by atoms with Gasteiger partial charge in [-0.3, -0.25) is 0 Å². The Bertz CT molecular complexity index is 934. The summed E-state index contributed by atoms with van der Waals surface area (Å²) in [5.41, 5.74) is 2.45. The quantitative estimate of drug-likeness (QED) is 0.917. The fourth-order valence-corrected chi connectivity index (χ4v) is 3.68. The first kappa shape index (κ1) is 17.2. The highest BCUT2D eigenvalue weighted by Crippen LogP contribution is 2.24. The number of hydrogen-bond acceptors (Lipinski definition) is 3. The molecule has 6 nitrogen and oxygen atoms in total. The van der Waals surface area contributed by atoms with Crippen molar-refractivity contribution in [2.24, 2.45) is 4.40 Å². The van der Waals surface area contributed by atoms with Gasteiger partial charge in [0.2, 0.25) is 0 Å². The molecule has 0 aliphatic carbocycles. The molecule has 0 aromatic heterocycles. The third-order valence-corrected chi connectivity index (χ3v) is 5.31. The first-order valence-electron chi connectivity index (χ1n) is 7.92. The predicted molar refractivity (Wildman–Crippen MR) is 97.5 cm³/mol. The minimum absolute atomic E-state index is 0.112. The highest BCUT2D eigenvalue weighted by molar-refractivity contribution is 7.90. The summed E-state index contributed by atoms with van der Waals surface area (Å²) in [4.78, 5) is 13.8. The van der Waals surface area contributed by atoms with E-state index in [-0.39, 0.29) is 16.8 Å². The fraction of sp³-hybridized carbons (Fsp3) is 0.222. The van der Waals surface area contributed by atoms with E-state index in [1.165, 1.54) is 17.0 Å². The van der Waals surface area contributed by atoms with Crippen molar-refractivity contribution in [3.05, 3.63) is 59.7 Å². The molecule has 25 heavy (non-hydrogen) atoms. The molecule has 7 heteroatoms. The van der Waals surface area contributed by atoms with Crippen LogP contribution in [0.15, 0.2) is 57.8 Å². The van der Waals surface area contributed by atoms with Crippen molar-refractivity contribution in [2.75, 3.05) is 11.4 Å². The molecule has 2 aromatic rings. The van der Waals surface area contributed by atoms with Gasteiger partial charge < -0.3 is 5.32 Å². The third kappa shape index (κ3) is 3.56. The van der Waals surface area contributed by atoms with Crippen LogP contribution < -0.4 is 10.2 Å². The van der Waals surface area contributed by atoms with Crippen molar-refractivity contribution < 1.29 is 13.2 Å². The highest BCUT2D eigenvalue weighted by atomic mass is 32.2. The first-order chi connectivity index (χ1) is 11.9. The van der Waals surface area contributed by atoms with Gasteiger partial charge in [0.1, 0.15) is 5.84 Å². The summed E-state index contributed by atoms with van der Waals surface area (Å²) in [5.74, 6) is 0.221. The Morgan fingerprint density at radius 3 is 2.40 bits per heavy atom. The van der Waals surface area contributed by atoms with Crippen molar-refractivity contribution in [1.29, 1.82) is 0 Å². The second kappa shape index (κ2) is 6.68. The number of urea groups is 1. The molecule has 0 atom stereocenters. The number of aryl methyl sites for hydroxylation is 2. The summed E-state index contributed by atoms with van der Waals surface area (Å²) in [6.07, 6.45) is 0.338. The number of benzene rings is 2. The van der Waals surface area contributed by atoms with Crippen LogP contribution >= 0.6 is 0 Å². The molecule has 1 saturated heterocycles. The van der Waals surface area contributed by atoms with Gasteiger partial charge in [0, 0.05) is 13.0 Å². The molecule has 0 saturated carbocycles. The van der Waals surface area contributed by atoms with Gasteiger partial charge in [0.25, 0.3) is 10.0 Å². The van der Waals surface area contributed by atoms with E-state index in [9.17, 15) is 13.2 Å². The monoisotopic (exact) mass is 357 g/mol. The van der Waals surface area contributed by atoms with Crippen molar-refractivity contribution in [2.45, 2.75) is 25.2 Å². The topological polar surface area (TPSA) is 78.8 Å². The number of amidine groups is 1. The SMILES string of the molecule is Cc1ccc(S(=O)(=O)N=C2CCNC(=O)N2c2ccccc2C)cc1. The number of sulfonamides is 1. The predicted octanol–water partition coefficient (Wildman–Crippen LogP) is 3.01. The Morgan fingerprint density at radius 1 is 1.04 bits per heavy atom. The number of carbonyl (C=O) groups is 1. The maximum absolute atomic E-state index is 12.6. The van der Waals surface area contributed by atoms with Gasteiger partial charge in [-0.1, -0.05) is 35.9 Å². The zero-order valence-corrected chi connectivity index (χ0v) is 14.9. The van der Waals surface area contributed by atoms with Crippen LogP contribution in [0.25, 0.3) is 0 Å². The van der Waals surface area contributed by atoms with Crippen LogP contribution in [0.4, 0.5) is 10.5 Å². The molecule has 0 radical (unpaired) electrons. The van der Waals surface area contributed by atoms with Crippen LogP contribution in [0.2, 0.25) is 0 Å². The molecule has 3 rings (SSSR count). The number of para-hydroxylation sites is 1. The van der Waals surface area contributed by atoms with E-state index in [0.717, 1.165) is 11.1 Å². The molecule has 130 valence electrons. The van der Waals surface area contributed by atoms with Crippen LogP contribution in [0.3, 0.4) is 0 Å². The van der Waals surface area contributed by atoms with E-state index in [2.05, 4.69) is 9.71 Å². The largest absolute Gasteiger partial charge is 0.337 e. The Labute approximate surface area is 147 Å². The summed E-state index contributed by atoms with van der Waals surface area (Å²) in [6, 6.07) is 13.4. The smallest absolute Gasteiger partial charge is 0.327 e. The molecule has 0 spiro atoms. The Hall–Kier alpha value is -2.67. The number of nitrogens with one attached hydrogen (secondary N) is 1. The van der Waals surface area contributed by atoms with E-state index < -0.39 is 10.0 Å². The lowest BCUT2D eigenvalue weighted by molar-refractivity contribution is 0.248. The minimum Gasteiger partial charge on any atom is -0.337 e. The average molecular weight is 357 g/mol. The fourth-order valence-electron chi connectivity index (χ4n) is 2.64. The number of anilines is 1. The molecule has 1 aliphatic heterocycles. The molecular formula is C18H19N3O3S. The summed E-state index contributed by atoms with van der Waals surface area (Å²) in [7, 11) is -3.89. The number of nitrogens with zero attached hydrogens (tertiary/aromatic N) is 2. The van der Waals surface area contributed by atoms with Gasteiger partial charge in [0.05, 0.1) is 10.6 Å². The molecule has 1 fully saturated rings. The van der Waals surface area contributed by atoms with Crippen LogP contribution in [0, 0.1) is 13.8 Å². The van der Waals surface area contributed by atoms with Crippen molar-refractivity contribution >= 4 is 27.6 Å². The third-order valence-electron chi connectivity index (χ3n) is 3.99. The zero-order chi connectivity index (χ0) is 18.0. The van der Waals surface area contributed by atoms with E-state index in [1.54, 1.807) is 24.3 Å². The summed E-state index contributed by atoms with van der Waals surface area (Å²) < 4.78 is 29.2. The van der Waals surface area contributed by atoms with Crippen LogP contribution in [-0.4, -0.2) is 26.8 Å². The standard InChI is InChI=1S/C18H19N3O3S/c1-13-7-9-15(10-8-13)25(23,24)20-17-11-12-19-18(22)21(17)16-6-4-3-5-14(16)2/h3-10H,11-12H2,1-2H3,(H,19,22). The number of amides is 2. The summed E-state index contributed by atoms with van der Waals surface area (Å²) in [5, 5.41) is 2.73. The van der Waals surface area contributed by atoms with Crippen LogP contribution in [-0.2, 0) is 10.0 Å². The number of hydrogen-bond donors (Lipinski definition) is 1. The molecule has 1 aliphatic rings. The van der Waals surface area contributed by atoms with Gasteiger partial charge in [0.15, 0.2) is 0 Å². The lowest BCUT2D eigenvalue weighted by Gasteiger charge is -2.29. The second-order valence-electron chi connectivity index (χ2n) is 5.90. The van der Waals surface area contributed by atoms with Crippen LogP contribution in [0.1, 0.15) is 17.5 Å². The highest BCUT2D eigenvalue weighted by Gasteiger charge is 2.29. The normalized spacial score (nSPS) is 16.8. The lowest BCUT2D eigenvalue weighted by atomic mass is 10.1. The Balaban J connectivity index is 2.06. The molecule has 2 amide bonds. The molecule has 2 aromatic carbocycles. The van der Waals surface area contributed by atoms with Crippen molar-refractivity contribution in [1.82, 2.24) is 5.32 Å². The maximum atomic E-state index is 12.6. The van der Waals surface area contributed by atoms with E-state index in [1.807, 2.05) is 26.0 Å². The maximum Gasteiger partial charge on any atom is 0.327 e. The van der Waals surface area contributed by atoms with E-state index >= 15 is 0 Å². The summed E-state index contributed by atoms with van der Waals surface area (Å²) >= 11 is 0. The summed E-state index contributed by atoms with van der Waals surface area (Å²) in [6.45, 7) is 4.10. The lowest BCUT2D eigenvalue weighted by Crippen LogP contribution is -2.50. The number of rotatable bonds is 3. The molecular weight excluding hydrogens is 338 g/mol. The Kier molecular flexibility index (Phi) is 4.59. The molecule has 0 unspecified atom stereocenters. The second-order valence-corrected chi connectivity index (χ2v) is 7.50. The Morgan fingerprint density at radius 2 is 1.72 bits per heavy atom. The van der Waals surface area contributed by atoms with Gasteiger partial charge in [-0.25, -0.2) is 9.69 Å². The van der Waals surface area contributed by atoms with Gasteiger partial charge in [-0.05, 0) is 37.6 Å². The van der Waals surface area contributed by atoms with Crippen LogP contribution in [0.5, 0.6) is 0 Å². The average Bonchev–Trinajstić information content (AvgIpc) is 2.56. The zero-order valence-electron chi connectivity index (χ0n) is 14.1. The van der Waals surface area contributed by atoms with E-state index in [4.69, 9.17) is 0 Å². The first-order valence-corrected chi connectivity index (χ1v) is 9.36. The van der Waals surface area contributed by atoms with Crippen molar-refractivity contribution in [3.63, 3.8) is 0 Å². The minimum atomic E-state index is -3.89.